The highest BCUT2D eigenvalue weighted by atomic mass is 16.5. The molecule has 0 heterocycles. The Labute approximate surface area is 148 Å². The van der Waals surface area contributed by atoms with E-state index in [1.54, 1.807) is 23.1 Å². The molecule has 0 spiro atoms. The molecule has 0 atom stereocenters. The van der Waals surface area contributed by atoms with Crippen molar-refractivity contribution < 1.29 is 14.3 Å². The number of nitrogens with zero attached hydrogens (tertiary/aromatic N) is 1. The van der Waals surface area contributed by atoms with Crippen molar-refractivity contribution in [2.24, 2.45) is 0 Å². The summed E-state index contributed by atoms with van der Waals surface area (Å²) in [6.45, 7) is 6.29. The van der Waals surface area contributed by atoms with Crippen LogP contribution >= 0.6 is 0 Å². The van der Waals surface area contributed by atoms with E-state index in [4.69, 9.17) is 4.74 Å². The summed E-state index contributed by atoms with van der Waals surface area (Å²) in [6.07, 6.45) is 0. The molecule has 25 heavy (non-hydrogen) atoms. The first-order chi connectivity index (χ1) is 12.0. The topological polar surface area (TPSA) is 58.6 Å². The molecule has 0 saturated heterocycles. The van der Waals surface area contributed by atoms with Gasteiger partial charge in [0.2, 0.25) is 5.91 Å². The van der Waals surface area contributed by atoms with Gasteiger partial charge in [0.15, 0.2) is 0 Å². The van der Waals surface area contributed by atoms with E-state index in [1.807, 2.05) is 38.1 Å². The van der Waals surface area contributed by atoms with E-state index < -0.39 is 0 Å². The van der Waals surface area contributed by atoms with Gasteiger partial charge in [-0.25, -0.2) is 0 Å². The fourth-order valence-corrected chi connectivity index (χ4v) is 2.68. The predicted molar refractivity (Wildman–Crippen MR) is 99.3 cm³/mol. The van der Waals surface area contributed by atoms with Crippen LogP contribution in [0.4, 0.5) is 5.69 Å². The number of hydrogen-bond donors (Lipinski definition) is 1. The smallest absolute Gasteiger partial charge is 0.255 e. The van der Waals surface area contributed by atoms with E-state index in [-0.39, 0.29) is 11.8 Å². The van der Waals surface area contributed by atoms with Gasteiger partial charge in [0.1, 0.15) is 5.75 Å². The van der Waals surface area contributed by atoms with Gasteiger partial charge in [-0.3, -0.25) is 9.59 Å². The van der Waals surface area contributed by atoms with Crippen LogP contribution in [0.1, 0.15) is 28.4 Å². The number of hydrogen-bond acceptors (Lipinski definition) is 3. The lowest BCUT2D eigenvalue weighted by Gasteiger charge is -2.24. The quantitative estimate of drug-likeness (QED) is 0.879. The second kappa shape index (κ2) is 8.33. The van der Waals surface area contributed by atoms with Gasteiger partial charge < -0.3 is 15.0 Å². The van der Waals surface area contributed by atoms with Crippen molar-refractivity contribution in [3.63, 3.8) is 0 Å². The average molecular weight is 340 g/mol. The standard InChI is InChI=1S/C20H24N2O3/c1-14-8-7-10-18(15(14)2)22(16(3)23)13-12-21-20(24)17-9-5-6-11-19(17)25-4/h5-11H,12-13H2,1-4H3,(H,21,24). The number of carbonyl (C=O) groups is 2. The summed E-state index contributed by atoms with van der Waals surface area (Å²) in [5.74, 6) is 0.250. The fourth-order valence-electron chi connectivity index (χ4n) is 2.68. The van der Waals surface area contributed by atoms with E-state index in [2.05, 4.69) is 5.32 Å². The number of rotatable bonds is 6. The summed E-state index contributed by atoms with van der Waals surface area (Å²) < 4.78 is 5.20. The number of nitrogens with one attached hydrogen (secondary N) is 1. The summed E-state index contributed by atoms with van der Waals surface area (Å²) in [5.41, 5.74) is 3.54. The lowest BCUT2D eigenvalue weighted by Crippen LogP contribution is -2.38. The molecule has 0 fully saturated rings. The Hall–Kier alpha value is -2.82. The maximum atomic E-state index is 12.3. The SMILES string of the molecule is COc1ccccc1C(=O)NCCN(C(C)=O)c1cccc(C)c1C. The third-order valence-corrected chi connectivity index (χ3v) is 4.22. The zero-order valence-corrected chi connectivity index (χ0v) is 15.1. The lowest BCUT2D eigenvalue weighted by molar-refractivity contribution is -0.116. The molecule has 5 heteroatoms. The number of para-hydroxylation sites is 1. The van der Waals surface area contributed by atoms with Gasteiger partial charge in [0, 0.05) is 25.7 Å². The Balaban J connectivity index is 2.06. The van der Waals surface area contributed by atoms with Crippen LogP contribution in [-0.2, 0) is 4.79 Å². The van der Waals surface area contributed by atoms with Crippen molar-refractivity contribution in [1.82, 2.24) is 5.32 Å². The molecule has 2 aromatic carbocycles. The Morgan fingerprint density at radius 3 is 2.48 bits per heavy atom. The first-order valence-corrected chi connectivity index (χ1v) is 8.21. The molecule has 0 aliphatic rings. The van der Waals surface area contributed by atoms with E-state index in [0.29, 0.717) is 24.4 Å². The average Bonchev–Trinajstić information content (AvgIpc) is 2.61. The van der Waals surface area contributed by atoms with Gasteiger partial charge in [-0.2, -0.15) is 0 Å². The molecule has 132 valence electrons. The summed E-state index contributed by atoms with van der Waals surface area (Å²) >= 11 is 0. The van der Waals surface area contributed by atoms with Crippen LogP contribution < -0.4 is 15.0 Å². The maximum absolute atomic E-state index is 12.3. The number of methoxy groups -OCH3 is 1. The lowest BCUT2D eigenvalue weighted by atomic mass is 10.1. The Kier molecular flexibility index (Phi) is 6.17. The predicted octanol–water partition coefficient (Wildman–Crippen LogP) is 3.09. The number of ether oxygens (including phenoxy) is 1. The molecule has 0 bridgehead atoms. The summed E-state index contributed by atoms with van der Waals surface area (Å²) in [4.78, 5) is 26.1. The molecule has 0 saturated carbocycles. The van der Waals surface area contributed by atoms with E-state index in [9.17, 15) is 9.59 Å². The molecule has 0 radical (unpaired) electrons. The number of benzene rings is 2. The van der Waals surface area contributed by atoms with Crippen molar-refractivity contribution in [3.05, 3.63) is 59.2 Å². The highest BCUT2D eigenvalue weighted by Gasteiger charge is 2.16. The van der Waals surface area contributed by atoms with Crippen LogP contribution in [-0.4, -0.2) is 32.0 Å². The minimum atomic E-state index is -0.220. The van der Waals surface area contributed by atoms with Gasteiger partial charge in [-0.15, -0.1) is 0 Å². The van der Waals surface area contributed by atoms with Crippen molar-refractivity contribution in [1.29, 1.82) is 0 Å². The summed E-state index contributed by atoms with van der Waals surface area (Å²) in [5, 5.41) is 2.85. The number of amides is 2. The van der Waals surface area contributed by atoms with Crippen molar-refractivity contribution in [2.75, 3.05) is 25.1 Å². The maximum Gasteiger partial charge on any atom is 0.255 e. The van der Waals surface area contributed by atoms with Crippen molar-refractivity contribution in [3.8, 4) is 5.75 Å². The number of anilines is 1. The highest BCUT2D eigenvalue weighted by molar-refractivity contribution is 5.97. The molecular weight excluding hydrogens is 316 g/mol. The zero-order valence-electron chi connectivity index (χ0n) is 15.1. The molecule has 5 nitrogen and oxygen atoms in total. The fraction of sp³-hybridized carbons (Fsp3) is 0.300. The molecule has 0 aromatic heterocycles. The minimum absolute atomic E-state index is 0.0553. The minimum Gasteiger partial charge on any atom is -0.496 e. The van der Waals surface area contributed by atoms with E-state index >= 15 is 0 Å². The molecule has 2 rings (SSSR count). The van der Waals surface area contributed by atoms with Crippen LogP contribution in [0.5, 0.6) is 5.75 Å². The largest absolute Gasteiger partial charge is 0.496 e. The monoisotopic (exact) mass is 340 g/mol. The Morgan fingerprint density at radius 2 is 1.80 bits per heavy atom. The molecular formula is C20H24N2O3. The Bertz CT molecular complexity index is 771. The van der Waals surface area contributed by atoms with Crippen molar-refractivity contribution in [2.45, 2.75) is 20.8 Å². The highest BCUT2D eigenvalue weighted by Crippen LogP contribution is 2.22. The van der Waals surface area contributed by atoms with Gasteiger partial charge in [0.05, 0.1) is 12.7 Å². The second-order valence-corrected chi connectivity index (χ2v) is 5.85. The molecule has 2 aromatic rings. The van der Waals surface area contributed by atoms with E-state index in [1.165, 1.54) is 14.0 Å². The van der Waals surface area contributed by atoms with Gasteiger partial charge in [-0.1, -0.05) is 24.3 Å². The molecule has 1 N–H and O–H groups in total. The zero-order chi connectivity index (χ0) is 18.4. The first kappa shape index (κ1) is 18.5. The summed E-state index contributed by atoms with van der Waals surface area (Å²) in [7, 11) is 1.53. The summed E-state index contributed by atoms with van der Waals surface area (Å²) in [6, 6.07) is 12.9. The molecule has 0 aliphatic heterocycles. The van der Waals surface area contributed by atoms with Gasteiger partial charge in [0.25, 0.3) is 5.91 Å². The van der Waals surface area contributed by atoms with Crippen molar-refractivity contribution >= 4 is 17.5 Å². The second-order valence-electron chi connectivity index (χ2n) is 5.85. The number of carbonyl (C=O) groups excluding carboxylic acids is 2. The first-order valence-electron chi connectivity index (χ1n) is 8.21. The molecule has 0 aliphatic carbocycles. The third-order valence-electron chi connectivity index (χ3n) is 4.22. The third kappa shape index (κ3) is 4.38. The van der Waals surface area contributed by atoms with Crippen LogP contribution in [0.3, 0.4) is 0 Å². The van der Waals surface area contributed by atoms with Crippen LogP contribution in [0.15, 0.2) is 42.5 Å². The van der Waals surface area contributed by atoms with Gasteiger partial charge in [-0.05, 0) is 43.2 Å². The van der Waals surface area contributed by atoms with E-state index in [0.717, 1.165) is 16.8 Å². The van der Waals surface area contributed by atoms with Gasteiger partial charge >= 0.3 is 0 Å². The van der Waals surface area contributed by atoms with Crippen LogP contribution in [0.25, 0.3) is 0 Å². The number of aryl methyl sites for hydroxylation is 1. The molecule has 0 unspecified atom stereocenters. The van der Waals surface area contributed by atoms with Crippen LogP contribution in [0.2, 0.25) is 0 Å². The normalized spacial score (nSPS) is 10.2. The molecule has 2 amide bonds. The Morgan fingerprint density at radius 1 is 1.08 bits per heavy atom. The van der Waals surface area contributed by atoms with Crippen LogP contribution in [0, 0.1) is 13.8 Å².